The minimum atomic E-state index is 0.552. The molecule has 1 aromatic heterocycles. The zero-order valence-corrected chi connectivity index (χ0v) is 12.3. The minimum absolute atomic E-state index is 0.552. The molecular formula is C14H14BrClN2. The van der Waals surface area contributed by atoms with E-state index in [4.69, 9.17) is 22.3 Å². The summed E-state index contributed by atoms with van der Waals surface area (Å²) in [5.74, 6) is 0.552. The molecule has 2 aromatic rings. The molecule has 0 bridgehead atoms. The Morgan fingerprint density at radius 2 is 1.94 bits per heavy atom. The SMILES string of the molecule is Nc1cc(C2CCCC2)nc2c(Cl)cc(Br)cc12. The molecule has 4 heteroatoms. The molecule has 0 spiro atoms. The van der Waals surface area contributed by atoms with Gasteiger partial charge < -0.3 is 5.73 Å². The number of halogens is 2. The maximum Gasteiger partial charge on any atom is 0.0913 e. The normalized spacial score (nSPS) is 16.6. The Hall–Kier alpha value is -0.800. The van der Waals surface area contributed by atoms with Crippen molar-refractivity contribution in [2.24, 2.45) is 0 Å². The van der Waals surface area contributed by atoms with Gasteiger partial charge in [0.15, 0.2) is 0 Å². The second kappa shape index (κ2) is 4.71. The molecule has 2 nitrogen and oxygen atoms in total. The summed E-state index contributed by atoms with van der Waals surface area (Å²) in [6.07, 6.45) is 5.01. The quantitative estimate of drug-likeness (QED) is 0.810. The molecule has 1 heterocycles. The molecular weight excluding hydrogens is 312 g/mol. The molecule has 0 unspecified atom stereocenters. The summed E-state index contributed by atoms with van der Waals surface area (Å²) in [7, 11) is 0. The van der Waals surface area contributed by atoms with Crippen LogP contribution in [-0.4, -0.2) is 4.98 Å². The Morgan fingerprint density at radius 3 is 2.67 bits per heavy atom. The first kappa shape index (κ1) is 12.2. The summed E-state index contributed by atoms with van der Waals surface area (Å²) in [5, 5.41) is 1.59. The van der Waals surface area contributed by atoms with Gasteiger partial charge in [0.25, 0.3) is 0 Å². The summed E-state index contributed by atoms with van der Waals surface area (Å²) in [6.45, 7) is 0. The first-order chi connectivity index (χ1) is 8.65. The maximum absolute atomic E-state index is 6.26. The average Bonchev–Trinajstić information content (AvgIpc) is 2.83. The molecule has 1 fully saturated rings. The van der Waals surface area contributed by atoms with E-state index < -0.39 is 0 Å². The molecule has 2 N–H and O–H groups in total. The van der Waals surface area contributed by atoms with E-state index in [-0.39, 0.29) is 0 Å². The number of aromatic nitrogens is 1. The fourth-order valence-corrected chi connectivity index (χ4v) is 3.58. The number of hydrogen-bond donors (Lipinski definition) is 1. The van der Waals surface area contributed by atoms with E-state index in [1.165, 1.54) is 25.7 Å². The van der Waals surface area contributed by atoms with Crippen LogP contribution in [0.1, 0.15) is 37.3 Å². The summed E-state index contributed by atoms with van der Waals surface area (Å²) < 4.78 is 0.933. The Kier molecular flexibility index (Phi) is 3.20. The first-order valence-corrected chi connectivity index (χ1v) is 7.37. The predicted octanol–water partition coefficient (Wildman–Crippen LogP) is 4.89. The van der Waals surface area contributed by atoms with E-state index in [2.05, 4.69) is 15.9 Å². The van der Waals surface area contributed by atoms with Crippen LogP contribution in [-0.2, 0) is 0 Å². The predicted molar refractivity (Wildman–Crippen MR) is 80.1 cm³/mol. The van der Waals surface area contributed by atoms with E-state index in [1.54, 1.807) is 0 Å². The Morgan fingerprint density at radius 1 is 1.22 bits per heavy atom. The number of nitrogens with two attached hydrogens (primary N) is 1. The van der Waals surface area contributed by atoms with Crippen LogP contribution in [0, 0.1) is 0 Å². The molecule has 0 radical (unpaired) electrons. The Bertz CT molecular complexity index is 606. The molecule has 1 aromatic carbocycles. The lowest BCUT2D eigenvalue weighted by Crippen LogP contribution is -2.00. The molecule has 0 atom stereocenters. The Labute approximate surface area is 120 Å². The topological polar surface area (TPSA) is 38.9 Å². The summed E-state index contributed by atoms with van der Waals surface area (Å²) >= 11 is 9.70. The number of rotatable bonds is 1. The number of hydrogen-bond acceptors (Lipinski definition) is 2. The second-order valence-electron chi connectivity index (χ2n) is 4.90. The van der Waals surface area contributed by atoms with Crippen molar-refractivity contribution < 1.29 is 0 Å². The Balaban J connectivity index is 2.20. The molecule has 0 aliphatic heterocycles. The van der Waals surface area contributed by atoms with Crippen molar-refractivity contribution >= 4 is 44.1 Å². The van der Waals surface area contributed by atoms with E-state index in [0.29, 0.717) is 10.9 Å². The lowest BCUT2D eigenvalue weighted by Gasteiger charge is -2.12. The van der Waals surface area contributed by atoms with Crippen LogP contribution in [0.3, 0.4) is 0 Å². The van der Waals surface area contributed by atoms with Crippen LogP contribution in [0.25, 0.3) is 10.9 Å². The van der Waals surface area contributed by atoms with Crippen LogP contribution < -0.4 is 5.73 Å². The van der Waals surface area contributed by atoms with Crippen LogP contribution in [0.4, 0.5) is 5.69 Å². The van der Waals surface area contributed by atoms with Gasteiger partial charge in [-0.15, -0.1) is 0 Å². The fourth-order valence-electron chi connectivity index (χ4n) is 2.73. The van der Waals surface area contributed by atoms with Gasteiger partial charge in [0, 0.05) is 27.2 Å². The third-order valence-electron chi connectivity index (χ3n) is 3.66. The smallest absolute Gasteiger partial charge is 0.0913 e. The molecule has 0 saturated heterocycles. The number of anilines is 1. The van der Waals surface area contributed by atoms with Crippen molar-refractivity contribution in [3.63, 3.8) is 0 Å². The van der Waals surface area contributed by atoms with Crippen molar-refractivity contribution in [2.45, 2.75) is 31.6 Å². The van der Waals surface area contributed by atoms with Gasteiger partial charge in [0.1, 0.15) is 0 Å². The zero-order chi connectivity index (χ0) is 12.7. The molecule has 1 saturated carbocycles. The first-order valence-electron chi connectivity index (χ1n) is 6.20. The van der Waals surface area contributed by atoms with Crippen LogP contribution in [0.5, 0.6) is 0 Å². The van der Waals surface area contributed by atoms with Gasteiger partial charge in [0.2, 0.25) is 0 Å². The molecule has 18 heavy (non-hydrogen) atoms. The number of nitrogens with zero attached hydrogens (tertiary/aromatic N) is 1. The van der Waals surface area contributed by atoms with Crippen molar-refractivity contribution in [3.8, 4) is 0 Å². The molecule has 3 rings (SSSR count). The van der Waals surface area contributed by atoms with Crippen LogP contribution >= 0.6 is 27.5 Å². The van der Waals surface area contributed by atoms with Crippen LogP contribution in [0.15, 0.2) is 22.7 Å². The third kappa shape index (κ3) is 2.10. The highest BCUT2D eigenvalue weighted by Gasteiger charge is 2.20. The van der Waals surface area contributed by atoms with E-state index in [9.17, 15) is 0 Å². The largest absolute Gasteiger partial charge is 0.398 e. The lowest BCUT2D eigenvalue weighted by molar-refractivity contribution is 0.701. The molecule has 0 amide bonds. The molecule has 1 aliphatic rings. The number of pyridine rings is 1. The fraction of sp³-hybridized carbons (Fsp3) is 0.357. The molecule has 1 aliphatic carbocycles. The average molecular weight is 326 g/mol. The van der Waals surface area contributed by atoms with E-state index in [0.717, 1.165) is 26.8 Å². The van der Waals surface area contributed by atoms with Gasteiger partial charge in [-0.3, -0.25) is 4.98 Å². The van der Waals surface area contributed by atoms with Crippen LogP contribution in [0.2, 0.25) is 5.02 Å². The molecule has 94 valence electrons. The lowest BCUT2D eigenvalue weighted by atomic mass is 10.0. The highest BCUT2D eigenvalue weighted by atomic mass is 79.9. The minimum Gasteiger partial charge on any atom is -0.398 e. The van der Waals surface area contributed by atoms with Gasteiger partial charge in [-0.05, 0) is 31.0 Å². The highest BCUT2D eigenvalue weighted by Crippen LogP contribution is 2.37. The van der Waals surface area contributed by atoms with Gasteiger partial charge in [-0.25, -0.2) is 0 Å². The van der Waals surface area contributed by atoms with Crippen molar-refractivity contribution in [1.82, 2.24) is 4.98 Å². The highest BCUT2D eigenvalue weighted by molar-refractivity contribution is 9.10. The summed E-state index contributed by atoms with van der Waals surface area (Å²) in [4.78, 5) is 4.73. The standard InChI is InChI=1S/C14H14BrClN2/c15-9-5-10-12(17)7-13(8-3-1-2-4-8)18-14(10)11(16)6-9/h5-8H,1-4H2,(H2,17,18). The summed E-state index contributed by atoms with van der Waals surface area (Å²) in [6, 6.07) is 5.86. The van der Waals surface area contributed by atoms with Gasteiger partial charge in [0.05, 0.1) is 10.5 Å². The van der Waals surface area contributed by atoms with Crippen molar-refractivity contribution in [1.29, 1.82) is 0 Å². The monoisotopic (exact) mass is 324 g/mol. The van der Waals surface area contributed by atoms with Gasteiger partial charge in [-0.2, -0.15) is 0 Å². The maximum atomic E-state index is 6.26. The van der Waals surface area contributed by atoms with Gasteiger partial charge >= 0.3 is 0 Å². The third-order valence-corrected chi connectivity index (χ3v) is 4.40. The van der Waals surface area contributed by atoms with Crippen molar-refractivity contribution in [3.05, 3.63) is 33.4 Å². The summed E-state index contributed by atoms with van der Waals surface area (Å²) in [5.41, 5.74) is 8.83. The van der Waals surface area contributed by atoms with E-state index in [1.807, 2.05) is 18.2 Å². The number of benzene rings is 1. The van der Waals surface area contributed by atoms with Gasteiger partial charge in [-0.1, -0.05) is 40.4 Å². The van der Waals surface area contributed by atoms with Crippen molar-refractivity contribution in [2.75, 3.05) is 5.73 Å². The zero-order valence-electron chi connectivity index (χ0n) is 9.92. The number of fused-ring (bicyclic) bond motifs is 1. The second-order valence-corrected chi connectivity index (χ2v) is 6.22. The number of nitrogen functional groups attached to an aromatic ring is 1. The van der Waals surface area contributed by atoms with E-state index >= 15 is 0 Å².